The van der Waals surface area contributed by atoms with Crippen molar-refractivity contribution in [3.63, 3.8) is 0 Å². The monoisotopic (exact) mass is 600 g/mol. The first kappa shape index (κ1) is 31.6. The minimum absolute atomic E-state index is 0.101. The highest BCUT2D eigenvalue weighted by molar-refractivity contribution is 6.09. The Kier molecular flexibility index (Phi) is 8.06. The first-order chi connectivity index (χ1) is 21.7. The maximum absolute atomic E-state index is 2.43. The van der Waals surface area contributed by atoms with Gasteiger partial charge in [-0.05, 0) is 129 Å². The van der Waals surface area contributed by atoms with Crippen LogP contribution in [0.15, 0.2) is 109 Å². The van der Waals surface area contributed by atoms with Gasteiger partial charge in [-0.3, -0.25) is 0 Å². The van der Waals surface area contributed by atoms with E-state index in [1.807, 2.05) is 0 Å². The molecule has 0 amide bonds. The van der Waals surface area contributed by atoms with E-state index in [9.17, 15) is 0 Å². The molecular formula is C46H48. The quantitative estimate of drug-likeness (QED) is 0.189. The van der Waals surface area contributed by atoms with Crippen molar-refractivity contribution in [2.45, 2.75) is 80.1 Å². The third-order valence-electron chi connectivity index (χ3n) is 9.30. The fourth-order valence-corrected chi connectivity index (χ4v) is 6.86. The van der Waals surface area contributed by atoms with E-state index in [-0.39, 0.29) is 10.8 Å². The maximum Gasteiger partial charge on any atom is -0.00926 e. The van der Waals surface area contributed by atoms with Crippen LogP contribution in [-0.2, 0) is 10.8 Å². The topological polar surface area (TPSA) is 0 Å². The molecule has 0 saturated heterocycles. The average Bonchev–Trinajstić information content (AvgIpc) is 2.98. The lowest BCUT2D eigenvalue weighted by molar-refractivity contribution is 0.590. The Morgan fingerprint density at radius 2 is 0.587 bits per heavy atom. The van der Waals surface area contributed by atoms with Crippen molar-refractivity contribution in [3.05, 3.63) is 143 Å². The summed E-state index contributed by atoms with van der Waals surface area (Å²) in [6.07, 6.45) is 0. The van der Waals surface area contributed by atoms with Crippen LogP contribution >= 0.6 is 0 Å². The highest BCUT2D eigenvalue weighted by Crippen LogP contribution is 2.43. The lowest BCUT2D eigenvalue weighted by atomic mass is 9.83. The van der Waals surface area contributed by atoms with E-state index in [1.165, 1.54) is 88.7 Å². The predicted molar refractivity (Wildman–Crippen MR) is 202 cm³/mol. The highest BCUT2D eigenvalue weighted by Gasteiger charge is 2.19. The van der Waals surface area contributed by atoms with Crippen LogP contribution in [0.1, 0.15) is 74.9 Å². The summed E-state index contributed by atoms with van der Waals surface area (Å²) in [5.74, 6) is 0. The predicted octanol–water partition coefficient (Wildman–Crippen LogP) is 13.3. The molecule has 0 atom stereocenters. The molecule has 6 rings (SSSR count). The molecule has 0 spiro atoms. The molecule has 0 aliphatic rings. The van der Waals surface area contributed by atoms with Crippen LogP contribution in [-0.4, -0.2) is 0 Å². The van der Waals surface area contributed by atoms with Gasteiger partial charge in [0.15, 0.2) is 0 Å². The van der Waals surface area contributed by atoms with Gasteiger partial charge in [0, 0.05) is 0 Å². The molecule has 6 aromatic rings. The number of rotatable bonds is 4. The fourth-order valence-electron chi connectivity index (χ4n) is 6.86. The van der Waals surface area contributed by atoms with Gasteiger partial charge >= 0.3 is 0 Å². The molecule has 0 fully saturated rings. The van der Waals surface area contributed by atoms with Crippen molar-refractivity contribution < 1.29 is 0 Å². The molecule has 232 valence electrons. The largest absolute Gasteiger partial charge is 0.0579 e. The third kappa shape index (κ3) is 6.45. The minimum Gasteiger partial charge on any atom is -0.0579 e. The summed E-state index contributed by atoms with van der Waals surface area (Å²) in [6.45, 7) is 22.5. The summed E-state index contributed by atoms with van der Waals surface area (Å²) in [5.41, 5.74) is 18.1. The summed E-state index contributed by atoms with van der Waals surface area (Å²) >= 11 is 0. The van der Waals surface area contributed by atoms with Gasteiger partial charge in [-0.2, -0.15) is 0 Å². The lowest BCUT2D eigenvalue weighted by Crippen LogP contribution is -2.10. The Morgan fingerprint density at radius 1 is 0.304 bits per heavy atom. The Morgan fingerprint density at radius 3 is 0.870 bits per heavy atom. The van der Waals surface area contributed by atoms with Gasteiger partial charge in [-0.1, -0.05) is 149 Å². The smallest absolute Gasteiger partial charge is 0.00926 e. The van der Waals surface area contributed by atoms with E-state index in [0.717, 1.165) is 0 Å². The lowest BCUT2D eigenvalue weighted by Gasteiger charge is -2.21. The summed E-state index contributed by atoms with van der Waals surface area (Å²) < 4.78 is 0. The van der Waals surface area contributed by atoms with Crippen molar-refractivity contribution in [1.82, 2.24) is 0 Å². The fraction of sp³-hybridized carbons (Fsp3) is 0.261. The SMILES string of the molecule is Cc1cc(C)cc(-c2cc(-c3ccc(C(C)(C)C)cc3)c3cc(-c4cc(C)cc(C)c4)cc(-c4ccc(C(C)(C)C)cc4)c3c2)c1. The van der Waals surface area contributed by atoms with Crippen molar-refractivity contribution >= 4 is 10.8 Å². The minimum atomic E-state index is 0.101. The highest BCUT2D eigenvalue weighted by atomic mass is 14.2. The van der Waals surface area contributed by atoms with E-state index in [0.29, 0.717) is 0 Å². The number of hydrogen-bond donors (Lipinski definition) is 0. The van der Waals surface area contributed by atoms with Gasteiger partial charge < -0.3 is 0 Å². The molecule has 0 radical (unpaired) electrons. The third-order valence-corrected chi connectivity index (χ3v) is 9.30. The second-order valence-corrected chi connectivity index (χ2v) is 15.6. The molecule has 0 heteroatoms. The van der Waals surface area contributed by atoms with Crippen molar-refractivity contribution in [1.29, 1.82) is 0 Å². The molecular weight excluding hydrogens is 553 g/mol. The molecule has 46 heavy (non-hydrogen) atoms. The Bertz CT molecular complexity index is 1860. The zero-order valence-electron chi connectivity index (χ0n) is 29.4. The number of aryl methyl sites for hydroxylation is 4. The first-order valence-corrected chi connectivity index (χ1v) is 16.7. The Balaban J connectivity index is 1.71. The van der Waals surface area contributed by atoms with Crippen molar-refractivity contribution in [3.8, 4) is 44.5 Å². The van der Waals surface area contributed by atoms with E-state index < -0.39 is 0 Å². The van der Waals surface area contributed by atoms with Gasteiger partial charge in [-0.25, -0.2) is 0 Å². The van der Waals surface area contributed by atoms with Crippen LogP contribution in [0, 0.1) is 27.7 Å². The number of fused-ring (bicyclic) bond motifs is 1. The molecule has 0 nitrogen and oxygen atoms in total. The van der Waals surface area contributed by atoms with Crippen molar-refractivity contribution in [2.75, 3.05) is 0 Å². The Labute approximate surface area is 277 Å². The zero-order valence-corrected chi connectivity index (χ0v) is 29.4. The van der Waals surface area contributed by atoms with Crippen LogP contribution in [0.2, 0.25) is 0 Å². The molecule has 0 aliphatic heterocycles. The van der Waals surface area contributed by atoms with E-state index >= 15 is 0 Å². The normalized spacial score (nSPS) is 12.1. The Hall–Kier alpha value is -4.42. The number of benzene rings is 6. The average molecular weight is 601 g/mol. The molecule has 0 saturated carbocycles. The molecule has 0 bridgehead atoms. The molecule has 0 aromatic heterocycles. The zero-order chi connectivity index (χ0) is 33.0. The molecule has 0 unspecified atom stereocenters. The van der Waals surface area contributed by atoms with Gasteiger partial charge in [0.05, 0.1) is 0 Å². The number of hydrogen-bond acceptors (Lipinski definition) is 0. The molecule has 0 heterocycles. The van der Waals surface area contributed by atoms with Crippen LogP contribution in [0.5, 0.6) is 0 Å². The van der Waals surface area contributed by atoms with Crippen LogP contribution in [0.4, 0.5) is 0 Å². The molecule has 0 N–H and O–H groups in total. The van der Waals surface area contributed by atoms with Crippen LogP contribution in [0.3, 0.4) is 0 Å². The second kappa shape index (κ2) is 11.7. The molecule has 6 aromatic carbocycles. The van der Waals surface area contributed by atoms with E-state index in [1.54, 1.807) is 0 Å². The van der Waals surface area contributed by atoms with Gasteiger partial charge in [0.1, 0.15) is 0 Å². The van der Waals surface area contributed by atoms with Gasteiger partial charge in [-0.15, -0.1) is 0 Å². The van der Waals surface area contributed by atoms with Crippen LogP contribution in [0.25, 0.3) is 55.3 Å². The summed E-state index contributed by atoms with van der Waals surface area (Å²) in [5, 5.41) is 2.56. The van der Waals surface area contributed by atoms with Gasteiger partial charge in [0.25, 0.3) is 0 Å². The van der Waals surface area contributed by atoms with Gasteiger partial charge in [0.2, 0.25) is 0 Å². The standard InChI is InChI=1S/C46H48/c1-29-19-30(2)22-35(21-29)37-25-41(33-11-15-39(16-12-33)45(5,6)7)44-28-38(36-23-31(3)20-32(4)24-36)26-42(43(44)27-37)34-13-17-40(18-14-34)46(8,9)10/h11-28H,1-10H3. The summed E-state index contributed by atoms with van der Waals surface area (Å²) in [6, 6.07) is 42.0. The van der Waals surface area contributed by atoms with E-state index in [4.69, 9.17) is 0 Å². The molecule has 0 aliphatic carbocycles. The van der Waals surface area contributed by atoms with Crippen molar-refractivity contribution in [2.24, 2.45) is 0 Å². The summed E-state index contributed by atoms with van der Waals surface area (Å²) in [7, 11) is 0. The van der Waals surface area contributed by atoms with Crippen LogP contribution < -0.4 is 0 Å². The first-order valence-electron chi connectivity index (χ1n) is 16.7. The van der Waals surface area contributed by atoms with E-state index in [2.05, 4.69) is 178 Å². The summed E-state index contributed by atoms with van der Waals surface area (Å²) in [4.78, 5) is 0. The maximum atomic E-state index is 2.43. The second-order valence-electron chi connectivity index (χ2n) is 15.6.